The largest absolute Gasteiger partial charge is 0.434 e. The molecule has 18 nitrogen and oxygen atoms in total. The van der Waals surface area contributed by atoms with Crippen LogP contribution in [-0.4, -0.2) is 73.3 Å². The van der Waals surface area contributed by atoms with Gasteiger partial charge in [-0.05, 0) is 108 Å². The summed E-state index contributed by atoms with van der Waals surface area (Å²) in [6.07, 6.45) is 17.8. The normalized spacial score (nSPS) is 17.5. The predicted molar refractivity (Wildman–Crippen MR) is 402 cm³/mol. The van der Waals surface area contributed by atoms with Crippen molar-refractivity contribution in [1.29, 1.82) is 0 Å². The monoisotopic (exact) mass is 1400 g/mol. The van der Waals surface area contributed by atoms with Gasteiger partial charge in [-0.2, -0.15) is 0 Å². The Balaban J connectivity index is 1.04. The topological polar surface area (TPSA) is 215 Å². The number of carbonyl (C=O) groups is 4. The maximum Gasteiger partial charge on any atom is 0.284 e. The number of hydrogen-bond donors (Lipinski definition) is 0. The van der Waals surface area contributed by atoms with E-state index in [2.05, 4.69) is 76.2 Å². The van der Waals surface area contributed by atoms with Gasteiger partial charge in [-0.25, -0.2) is 39.9 Å². The molecule has 0 saturated heterocycles. The average molecular weight is 1410 g/mol. The highest BCUT2D eigenvalue weighted by Crippen LogP contribution is 2.60. The predicted octanol–water partition coefficient (Wildman–Crippen LogP) is 20.9. The highest BCUT2D eigenvalue weighted by Gasteiger charge is 2.47. The quantitative estimate of drug-likeness (QED) is 0.0512. The third-order valence-corrected chi connectivity index (χ3v) is 23.3. The molecule has 106 heavy (non-hydrogen) atoms. The van der Waals surface area contributed by atoms with Crippen molar-refractivity contribution in [2.45, 2.75) is 193 Å². The Bertz CT molecular complexity index is 4940. The second-order valence-electron chi connectivity index (χ2n) is 30.0. The van der Waals surface area contributed by atoms with Crippen LogP contribution in [0.2, 0.25) is 0 Å². The lowest BCUT2D eigenvalue weighted by atomic mass is 9.75. The summed E-state index contributed by atoms with van der Waals surface area (Å²) < 4.78 is 30.1. The molecule has 28 bridgehead atoms. The smallest absolute Gasteiger partial charge is 0.284 e. The Morgan fingerprint density at radius 2 is 0.538 bits per heavy atom. The van der Waals surface area contributed by atoms with Gasteiger partial charge in [-0.1, -0.05) is 203 Å². The molecule has 18 heteroatoms. The first-order valence-corrected chi connectivity index (χ1v) is 38.6. The lowest BCUT2D eigenvalue weighted by Crippen LogP contribution is -2.30. The van der Waals surface area contributed by atoms with Gasteiger partial charge < -0.3 is 18.9 Å². The minimum Gasteiger partial charge on any atom is -0.434 e. The van der Waals surface area contributed by atoms with E-state index < -0.39 is 35.5 Å². The van der Waals surface area contributed by atoms with Crippen LogP contribution in [-0.2, 0) is 13.1 Å². The summed E-state index contributed by atoms with van der Waals surface area (Å²) in [6, 6.07) is 40.5. The van der Waals surface area contributed by atoms with Crippen LogP contribution in [0.4, 0.5) is 0 Å². The third kappa shape index (κ3) is 10.8. The fourth-order valence-corrected chi connectivity index (χ4v) is 17.8. The van der Waals surface area contributed by atoms with E-state index in [-0.39, 0.29) is 71.2 Å². The Labute approximate surface area is 614 Å². The van der Waals surface area contributed by atoms with Crippen LogP contribution in [0.1, 0.15) is 277 Å². The van der Waals surface area contributed by atoms with Gasteiger partial charge >= 0.3 is 0 Å². The fourth-order valence-electron chi connectivity index (χ4n) is 17.8. The molecule has 0 fully saturated rings. The number of benzene rings is 7. The van der Waals surface area contributed by atoms with Crippen molar-refractivity contribution in [3.8, 4) is 91.5 Å². The van der Waals surface area contributed by atoms with Crippen molar-refractivity contribution in [3.05, 3.63) is 200 Å². The number of rotatable bonds is 20. The zero-order chi connectivity index (χ0) is 71.6. The fraction of sp³-hybridized carbons (Fsp3) is 0.341. The van der Waals surface area contributed by atoms with E-state index in [1.165, 1.54) is 9.80 Å². The van der Waals surface area contributed by atoms with Gasteiger partial charge in [0.15, 0.2) is 22.8 Å². The summed E-state index contributed by atoms with van der Waals surface area (Å²) >= 11 is 0. The summed E-state index contributed by atoms with van der Waals surface area (Å²) in [6.45, 7) is 8.73. The lowest BCUT2D eigenvalue weighted by molar-refractivity contribution is 0.0622. The van der Waals surface area contributed by atoms with Crippen LogP contribution < -0.4 is 18.9 Å². The third-order valence-electron chi connectivity index (χ3n) is 23.3. The van der Waals surface area contributed by atoms with Crippen molar-refractivity contribution in [1.82, 2.24) is 49.7 Å². The number of aromatic nitrogens is 8. The van der Waals surface area contributed by atoms with Gasteiger partial charge in [0.2, 0.25) is 0 Å². The van der Waals surface area contributed by atoms with Gasteiger partial charge in [0, 0.05) is 68.2 Å². The number of fused-ring (bicyclic) bond motifs is 4. The van der Waals surface area contributed by atoms with Gasteiger partial charge in [0.05, 0.1) is 57.9 Å². The molecule has 0 unspecified atom stereocenters. The molecular formula is C88H80N10O8. The van der Waals surface area contributed by atoms with Crippen LogP contribution >= 0.6 is 0 Å². The SMILES string of the molecule is CCCCCCC1c2cc3c4cc2Oc2nc5ccccc5nc2Oc2cc5c(cc21)C(CCCCCC)c1cc2c6cc1-c1nc7c(nc1-c1cc(c(cc1C3CCCCCC)C2CCCCCC)Oc1nc2ccccc2nc1O6)C(=O)N(Cc1ccc(cc1)CN1C(=O)c2nc-4c-5nc2C1=O)C7=O. The summed E-state index contributed by atoms with van der Waals surface area (Å²) in [5.41, 5.74) is 14.8. The lowest BCUT2D eigenvalue weighted by Gasteiger charge is -2.30. The number of unbranched alkanes of at least 4 members (excludes halogenated alkanes) is 12. The number of amides is 4. The average Bonchev–Trinajstić information content (AvgIpc) is 1.51. The molecule has 28 rings (SSSR count). The van der Waals surface area contributed by atoms with Crippen molar-refractivity contribution >= 4 is 45.7 Å². The molecule has 0 spiro atoms. The second-order valence-corrected chi connectivity index (χ2v) is 30.0. The molecule has 0 radical (unpaired) electrons. The molecule has 9 aliphatic carbocycles. The van der Waals surface area contributed by atoms with Crippen LogP contribution in [0, 0.1) is 0 Å². The standard InChI is InChI=1S/C88H80N10O8/c1-5-9-13-17-25-49-53-37-57-51(27-19-15-11-7-3)59-39-55-50(26-18-14-10-6-2)56-40-60-52(28-20-16-12-8-4)58-38-54(49)62-42-70(58)104-82-84(92-68-32-24-22-30-66(68)90-82)106-72(60)44-64(56)76-74(62)94-78-80(96-76)88(102)98(86(78)100)46-48-35-33-47(34-36-48)45-97-85(99)77-79(87(97)101)95-75-63(55)43-71(59)105-83-81(89-65-29-21-23-31-67(65)91-83)103-69(57)41-61(53)73(75)93-77/h21-24,29-44,49-52H,5-20,25-28,45-46H2,1-4H3. The molecule has 11 aromatic rings. The van der Waals surface area contributed by atoms with Crippen LogP contribution in [0.25, 0.3) is 67.1 Å². The summed E-state index contributed by atoms with van der Waals surface area (Å²) in [5.74, 6) is -1.41. The molecule has 12 heterocycles. The molecule has 7 aromatic carbocycles. The van der Waals surface area contributed by atoms with Crippen molar-refractivity contribution in [2.24, 2.45) is 0 Å². The first kappa shape index (κ1) is 65.6. The zero-order valence-corrected chi connectivity index (χ0v) is 60.2. The van der Waals surface area contributed by atoms with Gasteiger partial charge in [0.25, 0.3) is 47.1 Å². The first-order chi connectivity index (χ1) is 52.0. The highest BCUT2D eigenvalue weighted by atomic mass is 16.5. The Morgan fingerprint density at radius 3 is 0.783 bits per heavy atom. The maximum atomic E-state index is 15.7. The van der Waals surface area contributed by atoms with E-state index >= 15 is 19.2 Å². The molecule has 530 valence electrons. The second kappa shape index (κ2) is 26.5. The van der Waals surface area contributed by atoms with E-state index in [0.717, 1.165) is 147 Å². The van der Waals surface area contributed by atoms with Crippen LogP contribution in [0.15, 0.2) is 121 Å². The minimum absolute atomic E-state index is 0.0580. The molecule has 0 saturated carbocycles. The molecule has 4 amide bonds. The Morgan fingerprint density at radius 1 is 0.292 bits per heavy atom. The van der Waals surface area contributed by atoms with Gasteiger partial charge in [-0.3, -0.25) is 29.0 Å². The summed E-state index contributed by atoms with van der Waals surface area (Å²) in [4.78, 5) is 109. The highest BCUT2D eigenvalue weighted by molar-refractivity contribution is 6.21. The van der Waals surface area contributed by atoms with Crippen molar-refractivity contribution < 1.29 is 38.1 Å². The molecule has 0 atom stereocenters. The van der Waals surface area contributed by atoms with Gasteiger partial charge in [-0.15, -0.1) is 0 Å². The summed E-state index contributed by atoms with van der Waals surface area (Å²) in [5, 5.41) is 0. The number of para-hydroxylation sites is 4. The number of ether oxygens (including phenoxy) is 4. The Kier molecular flexibility index (Phi) is 16.4. The summed E-state index contributed by atoms with van der Waals surface area (Å²) in [7, 11) is 0. The number of carbonyl (C=O) groups excluding carboxylic acids is 4. The number of imide groups is 2. The van der Waals surface area contributed by atoms with Crippen molar-refractivity contribution in [2.75, 3.05) is 0 Å². The van der Waals surface area contributed by atoms with E-state index in [1.54, 1.807) is 0 Å². The van der Waals surface area contributed by atoms with Gasteiger partial charge in [0.1, 0.15) is 23.0 Å². The van der Waals surface area contributed by atoms with Crippen LogP contribution in [0.3, 0.4) is 0 Å². The van der Waals surface area contributed by atoms with Crippen molar-refractivity contribution in [3.63, 3.8) is 0 Å². The minimum atomic E-state index is -0.578. The van der Waals surface area contributed by atoms with E-state index in [0.29, 0.717) is 127 Å². The van der Waals surface area contributed by atoms with E-state index in [4.69, 9.17) is 58.8 Å². The zero-order valence-electron chi connectivity index (χ0n) is 60.2. The molecule has 0 N–H and O–H groups in total. The van der Waals surface area contributed by atoms with E-state index in [1.807, 2.05) is 72.8 Å². The molecule has 8 aliphatic heterocycles. The number of nitrogens with zero attached hydrogens (tertiary/aromatic N) is 10. The van der Waals surface area contributed by atoms with E-state index in [9.17, 15) is 0 Å². The maximum absolute atomic E-state index is 15.7. The molecule has 17 aliphatic rings. The first-order valence-electron chi connectivity index (χ1n) is 38.6. The van der Waals surface area contributed by atoms with Crippen LogP contribution in [0.5, 0.6) is 46.5 Å². The molecule has 4 aromatic heterocycles. The number of hydrogen-bond acceptors (Lipinski definition) is 16. The molecular weight excluding hydrogens is 1330 g/mol. The Hall–Kier alpha value is -11.1.